The molecular weight excluding hydrogens is 233 g/mol. The molecule has 2 rings (SSSR count). The van der Waals surface area contributed by atoms with Gasteiger partial charge < -0.3 is 0 Å². The van der Waals surface area contributed by atoms with Crippen molar-refractivity contribution in [2.75, 3.05) is 0 Å². The summed E-state index contributed by atoms with van der Waals surface area (Å²) in [5.74, 6) is 0. The summed E-state index contributed by atoms with van der Waals surface area (Å²) in [7, 11) is 0. The molecule has 0 fully saturated rings. The van der Waals surface area contributed by atoms with Crippen molar-refractivity contribution in [3.8, 4) is 0 Å². The van der Waals surface area contributed by atoms with Gasteiger partial charge in [0.05, 0.1) is 5.39 Å². The molecule has 0 amide bonds. The van der Waals surface area contributed by atoms with Crippen LogP contribution in [-0.4, -0.2) is 25.9 Å². The van der Waals surface area contributed by atoms with Gasteiger partial charge in [-0.1, -0.05) is 11.6 Å². The van der Waals surface area contributed by atoms with E-state index in [4.69, 9.17) is 11.6 Å². The molecule has 15 heavy (non-hydrogen) atoms. The molecule has 8 heteroatoms. The van der Waals surface area contributed by atoms with Gasteiger partial charge >= 0.3 is 6.18 Å². The summed E-state index contributed by atoms with van der Waals surface area (Å²) in [6.07, 6.45) is -1.84. The molecule has 0 saturated carbocycles. The Morgan fingerprint density at radius 1 is 1.40 bits per heavy atom. The van der Waals surface area contributed by atoms with E-state index in [0.29, 0.717) is 10.1 Å². The lowest BCUT2D eigenvalue weighted by atomic mass is 10.4. The van der Waals surface area contributed by atoms with Crippen molar-refractivity contribution in [1.29, 1.82) is 0 Å². The Balaban J connectivity index is 2.49. The largest absolute Gasteiger partial charge is 0.408 e. The molecule has 0 spiro atoms. The maximum absolute atomic E-state index is 12.1. The van der Waals surface area contributed by atoms with Gasteiger partial charge in [0.1, 0.15) is 18.0 Å². The predicted molar refractivity (Wildman–Crippen MR) is 46.4 cm³/mol. The average molecular weight is 237 g/mol. The molecule has 0 aliphatic rings. The first kappa shape index (κ1) is 10.2. The zero-order valence-electron chi connectivity index (χ0n) is 7.16. The van der Waals surface area contributed by atoms with Gasteiger partial charge in [-0.25, -0.2) is 14.6 Å². The summed E-state index contributed by atoms with van der Waals surface area (Å²) in [6.45, 7) is -1.23. The molecule has 0 unspecified atom stereocenters. The lowest BCUT2D eigenvalue weighted by Gasteiger charge is -2.06. The molecule has 2 aromatic heterocycles. The van der Waals surface area contributed by atoms with Crippen LogP contribution in [0.15, 0.2) is 12.5 Å². The Kier molecular flexibility index (Phi) is 2.26. The van der Waals surface area contributed by atoms with Crippen LogP contribution >= 0.6 is 11.6 Å². The van der Waals surface area contributed by atoms with Crippen LogP contribution in [0.3, 0.4) is 0 Å². The van der Waals surface area contributed by atoms with E-state index < -0.39 is 12.7 Å². The number of alkyl halides is 3. The Hall–Kier alpha value is -1.37. The highest BCUT2D eigenvalue weighted by Crippen LogP contribution is 2.24. The first-order valence-corrected chi connectivity index (χ1v) is 4.24. The van der Waals surface area contributed by atoms with Crippen LogP contribution in [0.4, 0.5) is 13.2 Å². The van der Waals surface area contributed by atoms with E-state index in [1.54, 1.807) is 0 Å². The van der Waals surface area contributed by atoms with Crippen molar-refractivity contribution < 1.29 is 13.2 Å². The number of rotatable bonds is 1. The molecule has 0 saturated heterocycles. The molecular formula is C7H4ClF3N4. The topological polar surface area (TPSA) is 43.6 Å². The molecule has 0 atom stereocenters. The van der Waals surface area contributed by atoms with Crippen LogP contribution in [0.1, 0.15) is 0 Å². The van der Waals surface area contributed by atoms with E-state index in [9.17, 15) is 13.2 Å². The van der Waals surface area contributed by atoms with Gasteiger partial charge in [-0.05, 0) is 0 Å². The van der Waals surface area contributed by atoms with E-state index in [2.05, 4.69) is 15.1 Å². The molecule has 0 aliphatic carbocycles. The summed E-state index contributed by atoms with van der Waals surface area (Å²) >= 11 is 5.68. The van der Waals surface area contributed by atoms with Crippen molar-refractivity contribution >= 4 is 22.6 Å². The third kappa shape index (κ3) is 2.01. The van der Waals surface area contributed by atoms with Gasteiger partial charge in [-0.3, -0.25) is 0 Å². The Morgan fingerprint density at radius 2 is 2.13 bits per heavy atom. The Bertz CT molecular complexity index is 492. The zero-order valence-corrected chi connectivity index (χ0v) is 7.92. The number of fused-ring (bicyclic) bond motifs is 1. The second-order valence-corrected chi connectivity index (χ2v) is 3.18. The van der Waals surface area contributed by atoms with Gasteiger partial charge in [-0.15, -0.1) is 0 Å². The second kappa shape index (κ2) is 3.34. The smallest absolute Gasteiger partial charge is 0.244 e. The SMILES string of the molecule is FC(F)(F)Cn1nc2ncncc2c1Cl. The second-order valence-electron chi connectivity index (χ2n) is 2.82. The van der Waals surface area contributed by atoms with E-state index in [-0.39, 0.29) is 10.8 Å². The summed E-state index contributed by atoms with van der Waals surface area (Å²) < 4.78 is 36.9. The number of halogens is 4. The highest BCUT2D eigenvalue weighted by atomic mass is 35.5. The molecule has 0 radical (unpaired) electrons. The van der Waals surface area contributed by atoms with Crippen molar-refractivity contribution in [3.63, 3.8) is 0 Å². The van der Waals surface area contributed by atoms with Crippen molar-refractivity contribution in [2.45, 2.75) is 12.7 Å². The third-order valence-electron chi connectivity index (χ3n) is 1.68. The fourth-order valence-corrected chi connectivity index (χ4v) is 1.35. The highest BCUT2D eigenvalue weighted by Gasteiger charge is 2.30. The normalized spacial score (nSPS) is 12.3. The molecule has 4 nitrogen and oxygen atoms in total. The maximum atomic E-state index is 12.1. The minimum atomic E-state index is -4.36. The molecule has 2 heterocycles. The van der Waals surface area contributed by atoms with Crippen molar-refractivity contribution in [3.05, 3.63) is 17.7 Å². The lowest BCUT2D eigenvalue weighted by molar-refractivity contribution is -0.142. The van der Waals surface area contributed by atoms with Gasteiger partial charge in [0.2, 0.25) is 0 Å². The lowest BCUT2D eigenvalue weighted by Crippen LogP contribution is -2.18. The number of hydrogen-bond donors (Lipinski definition) is 0. The number of hydrogen-bond acceptors (Lipinski definition) is 3. The van der Waals surface area contributed by atoms with Crippen LogP contribution in [0.5, 0.6) is 0 Å². The van der Waals surface area contributed by atoms with Gasteiger partial charge in [0, 0.05) is 6.20 Å². The fourth-order valence-electron chi connectivity index (χ4n) is 1.12. The Labute approximate surface area is 86.7 Å². The summed E-state index contributed by atoms with van der Waals surface area (Å²) in [5, 5.41) is 3.81. The fraction of sp³-hybridized carbons (Fsp3) is 0.286. The Morgan fingerprint density at radius 3 is 2.73 bits per heavy atom. The predicted octanol–water partition coefficient (Wildman–Crippen LogP) is 2.04. The van der Waals surface area contributed by atoms with Crippen LogP contribution in [0.2, 0.25) is 5.15 Å². The minimum Gasteiger partial charge on any atom is -0.244 e. The average Bonchev–Trinajstić information content (AvgIpc) is 2.42. The first-order chi connectivity index (χ1) is 6.97. The van der Waals surface area contributed by atoms with Gasteiger partial charge in [0.25, 0.3) is 0 Å². The summed E-state index contributed by atoms with van der Waals surface area (Å²) in [5.41, 5.74) is 0.152. The van der Waals surface area contributed by atoms with Crippen LogP contribution < -0.4 is 0 Å². The van der Waals surface area contributed by atoms with Crippen molar-refractivity contribution in [2.24, 2.45) is 0 Å². The molecule has 80 valence electrons. The van der Waals surface area contributed by atoms with Crippen LogP contribution in [0.25, 0.3) is 11.0 Å². The molecule has 0 aliphatic heterocycles. The van der Waals surface area contributed by atoms with Crippen LogP contribution in [0, 0.1) is 0 Å². The van der Waals surface area contributed by atoms with Crippen LogP contribution in [-0.2, 0) is 6.54 Å². The number of aromatic nitrogens is 4. The molecule has 0 bridgehead atoms. The monoisotopic (exact) mass is 236 g/mol. The highest BCUT2D eigenvalue weighted by molar-refractivity contribution is 6.34. The molecule has 0 aromatic carbocycles. The van der Waals surface area contributed by atoms with E-state index in [0.717, 1.165) is 0 Å². The first-order valence-electron chi connectivity index (χ1n) is 3.86. The number of nitrogens with zero attached hydrogens (tertiary/aromatic N) is 4. The molecule has 0 N–H and O–H groups in total. The summed E-state index contributed by atoms with van der Waals surface area (Å²) in [6, 6.07) is 0. The van der Waals surface area contributed by atoms with Gasteiger partial charge in [0.15, 0.2) is 5.65 Å². The minimum absolute atomic E-state index is 0.108. The zero-order chi connectivity index (χ0) is 11.1. The molecule has 2 aromatic rings. The van der Waals surface area contributed by atoms with E-state index in [1.807, 2.05) is 0 Å². The maximum Gasteiger partial charge on any atom is 0.408 e. The summed E-state index contributed by atoms with van der Waals surface area (Å²) in [4.78, 5) is 7.35. The quantitative estimate of drug-likeness (QED) is 0.761. The standard InChI is InChI=1S/C7H4ClF3N4/c8-5-4-1-12-3-13-6(4)14-15(5)2-7(9,10)11/h1,3H,2H2. The third-order valence-corrected chi connectivity index (χ3v) is 2.08. The van der Waals surface area contributed by atoms with E-state index >= 15 is 0 Å². The van der Waals surface area contributed by atoms with Crippen molar-refractivity contribution in [1.82, 2.24) is 19.7 Å². The van der Waals surface area contributed by atoms with Gasteiger partial charge in [-0.2, -0.15) is 18.3 Å². The van der Waals surface area contributed by atoms with E-state index in [1.165, 1.54) is 12.5 Å².